The van der Waals surface area contributed by atoms with Gasteiger partial charge < -0.3 is 15.1 Å². The van der Waals surface area contributed by atoms with E-state index in [0.29, 0.717) is 11.3 Å². The lowest BCUT2D eigenvalue weighted by Crippen LogP contribution is -2.41. The summed E-state index contributed by atoms with van der Waals surface area (Å²) in [5.41, 5.74) is 1.85. The summed E-state index contributed by atoms with van der Waals surface area (Å²) in [6.45, 7) is 2.08. The van der Waals surface area contributed by atoms with Crippen molar-refractivity contribution in [3.8, 4) is 11.8 Å². The Balaban J connectivity index is 1.72. The second kappa shape index (κ2) is 7.27. The third-order valence-corrected chi connectivity index (χ3v) is 5.13. The highest BCUT2D eigenvalue weighted by Crippen LogP contribution is 2.38. The maximum atomic E-state index is 12.6. The molecule has 0 spiro atoms. The van der Waals surface area contributed by atoms with E-state index in [1.165, 1.54) is 19.3 Å². The number of hydrogen-bond donors (Lipinski definition) is 2. The Hall–Kier alpha value is -2.08. The zero-order valence-electron chi connectivity index (χ0n) is 13.8. The number of nitrogens with zero attached hydrogens (tertiary/aromatic N) is 2. The molecule has 0 aliphatic carbocycles. The van der Waals surface area contributed by atoms with Crippen molar-refractivity contribution >= 4 is 17.0 Å². The molecule has 1 aliphatic heterocycles. The maximum absolute atomic E-state index is 12.6. The number of rotatable bonds is 2. The van der Waals surface area contributed by atoms with Crippen molar-refractivity contribution in [2.75, 3.05) is 18.0 Å². The summed E-state index contributed by atoms with van der Waals surface area (Å²) >= 11 is 0.499. The van der Waals surface area contributed by atoms with Crippen LogP contribution >= 0.6 is 11.3 Å². The third kappa shape index (κ3) is 4.01. The molecule has 1 aromatic carbocycles. The van der Waals surface area contributed by atoms with Gasteiger partial charge in [0.2, 0.25) is 0 Å². The molecule has 2 N–H and O–H groups in total. The van der Waals surface area contributed by atoms with E-state index in [2.05, 4.69) is 21.7 Å². The number of hydrogen-bond acceptors (Lipinski definition) is 5. The van der Waals surface area contributed by atoms with Crippen LogP contribution in [-0.4, -0.2) is 34.5 Å². The van der Waals surface area contributed by atoms with E-state index in [0.717, 1.165) is 30.5 Å². The van der Waals surface area contributed by atoms with Crippen molar-refractivity contribution in [1.29, 1.82) is 0 Å². The first-order chi connectivity index (χ1) is 12.3. The van der Waals surface area contributed by atoms with Gasteiger partial charge in [-0.05, 0) is 49.4 Å². The van der Waals surface area contributed by atoms with Gasteiger partial charge in [0.1, 0.15) is 0 Å². The van der Waals surface area contributed by atoms with Crippen molar-refractivity contribution in [3.63, 3.8) is 0 Å². The van der Waals surface area contributed by atoms with Crippen LogP contribution in [0.5, 0.6) is 0 Å². The SMILES string of the molecule is OC(O)(c1ncc(C#Cc2ccc(N3CCCCC3)cc2)s1)C(F)(F)F. The zero-order valence-corrected chi connectivity index (χ0v) is 14.6. The highest BCUT2D eigenvalue weighted by atomic mass is 32.1. The number of piperidine rings is 1. The molecule has 2 heterocycles. The summed E-state index contributed by atoms with van der Waals surface area (Å²) < 4.78 is 37.8. The molecule has 0 radical (unpaired) electrons. The largest absolute Gasteiger partial charge is 0.450 e. The molecule has 138 valence electrons. The summed E-state index contributed by atoms with van der Waals surface area (Å²) in [5.74, 6) is 1.59. The molecule has 8 heteroatoms. The van der Waals surface area contributed by atoms with E-state index in [4.69, 9.17) is 0 Å². The Morgan fingerprint density at radius 3 is 2.27 bits per heavy atom. The lowest BCUT2D eigenvalue weighted by atomic mass is 10.1. The van der Waals surface area contributed by atoms with Gasteiger partial charge in [0.25, 0.3) is 0 Å². The quantitative estimate of drug-likeness (QED) is 0.619. The highest BCUT2D eigenvalue weighted by molar-refractivity contribution is 7.12. The zero-order chi connectivity index (χ0) is 18.8. The van der Waals surface area contributed by atoms with Crippen molar-refractivity contribution in [3.05, 3.63) is 45.9 Å². The fourth-order valence-electron chi connectivity index (χ4n) is 2.66. The summed E-state index contributed by atoms with van der Waals surface area (Å²) in [4.78, 5) is 5.97. The minimum atomic E-state index is -5.22. The molecule has 0 amide bonds. The molecule has 1 saturated heterocycles. The van der Waals surface area contributed by atoms with Crippen molar-refractivity contribution in [1.82, 2.24) is 4.98 Å². The lowest BCUT2D eigenvalue weighted by Gasteiger charge is -2.28. The molecule has 0 unspecified atom stereocenters. The molecule has 0 saturated carbocycles. The standard InChI is InChI=1S/C18H17F3N2O2S/c19-18(20,21)17(24,25)16-22-12-15(26-16)9-6-13-4-7-14(8-5-13)23-10-2-1-3-11-23/h4-5,7-8,12,24-25H,1-3,10-11H2. The van der Waals surface area contributed by atoms with Crippen LogP contribution < -0.4 is 4.90 Å². The second-order valence-corrected chi connectivity index (χ2v) is 7.07. The second-order valence-electron chi connectivity index (χ2n) is 6.04. The van der Waals surface area contributed by atoms with Gasteiger partial charge in [-0.3, -0.25) is 0 Å². The van der Waals surface area contributed by atoms with E-state index >= 15 is 0 Å². The first-order valence-corrected chi connectivity index (χ1v) is 8.94. The van der Waals surface area contributed by atoms with Gasteiger partial charge in [0.15, 0.2) is 5.01 Å². The van der Waals surface area contributed by atoms with Gasteiger partial charge >= 0.3 is 12.0 Å². The van der Waals surface area contributed by atoms with Gasteiger partial charge in [-0.25, -0.2) is 4.98 Å². The van der Waals surface area contributed by atoms with Crippen LogP contribution in [0.15, 0.2) is 30.5 Å². The topological polar surface area (TPSA) is 56.6 Å². The van der Waals surface area contributed by atoms with Gasteiger partial charge in [0, 0.05) is 24.3 Å². The summed E-state index contributed by atoms with van der Waals surface area (Å²) in [7, 11) is 0. The third-order valence-electron chi connectivity index (χ3n) is 4.12. The normalized spacial score (nSPS) is 15.5. The average molecular weight is 382 g/mol. The fraction of sp³-hybridized carbons (Fsp3) is 0.389. The van der Waals surface area contributed by atoms with E-state index in [-0.39, 0.29) is 4.88 Å². The molecular weight excluding hydrogens is 365 g/mol. The van der Waals surface area contributed by atoms with Crippen LogP contribution in [0, 0.1) is 11.8 Å². The smallest absolute Gasteiger partial charge is 0.372 e. The predicted octanol–water partition coefficient (Wildman–Crippen LogP) is 3.23. The molecule has 1 fully saturated rings. The number of benzene rings is 1. The molecule has 1 aliphatic rings. The molecule has 4 nitrogen and oxygen atoms in total. The van der Waals surface area contributed by atoms with Crippen molar-refractivity contribution in [2.45, 2.75) is 31.2 Å². The summed E-state index contributed by atoms with van der Waals surface area (Å²) in [5, 5.41) is 17.5. The number of alkyl halides is 3. The average Bonchev–Trinajstić information content (AvgIpc) is 3.10. The molecule has 1 aromatic heterocycles. The fourth-order valence-corrected chi connectivity index (χ4v) is 3.44. The summed E-state index contributed by atoms with van der Waals surface area (Å²) in [6, 6.07) is 7.67. The van der Waals surface area contributed by atoms with Crippen LogP contribution in [-0.2, 0) is 5.79 Å². The van der Waals surface area contributed by atoms with E-state index in [9.17, 15) is 23.4 Å². The molecular formula is C18H17F3N2O2S. The Morgan fingerprint density at radius 2 is 1.65 bits per heavy atom. The Morgan fingerprint density at radius 1 is 1.00 bits per heavy atom. The molecule has 26 heavy (non-hydrogen) atoms. The Bertz CT molecular complexity index is 813. The molecule has 2 aromatic rings. The number of anilines is 1. The van der Waals surface area contributed by atoms with E-state index < -0.39 is 17.0 Å². The van der Waals surface area contributed by atoms with Gasteiger partial charge in [-0.15, -0.1) is 11.3 Å². The molecule has 0 bridgehead atoms. The number of halogens is 3. The highest BCUT2D eigenvalue weighted by Gasteiger charge is 2.56. The van der Waals surface area contributed by atoms with Crippen molar-refractivity contribution in [2.24, 2.45) is 0 Å². The van der Waals surface area contributed by atoms with Gasteiger partial charge in [-0.1, -0.05) is 5.92 Å². The summed E-state index contributed by atoms with van der Waals surface area (Å²) in [6.07, 6.45) is -0.495. The Kier molecular flexibility index (Phi) is 5.23. The number of thiazole rings is 1. The van der Waals surface area contributed by atoms with Crippen LogP contribution in [0.1, 0.15) is 34.7 Å². The first-order valence-electron chi connectivity index (χ1n) is 8.12. The monoisotopic (exact) mass is 382 g/mol. The van der Waals surface area contributed by atoms with Crippen LogP contribution in [0.25, 0.3) is 0 Å². The Labute approximate surface area is 152 Å². The molecule has 3 rings (SSSR count). The van der Waals surface area contributed by atoms with Crippen LogP contribution in [0.4, 0.5) is 18.9 Å². The van der Waals surface area contributed by atoms with Gasteiger partial charge in [-0.2, -0.15) is 13.2 Å². The van der Waals surface area contributed by atoms with Crippen LogP contribution in [0.3, 0.4) is 0 Å². The van der Waals surface area contributed by atoms with Crippen molar-refractivity contribution < 1.29 is 23.4 Å². The van der Waals surface area contributed by atoms with E-state index in [1.54, 1.807) is 0 Å². The van der Waals surface area contributed by atoms with E-state index in [1.807, 2.05) is 24.3 Å². The molecule has 0 atom stereocenters. The minimum Gasteiger partial charge on any atom is -0.372 e. The number of aliphatic hydroxyl groups is 2. The minimum absolute atomic E-state index is 0.219. The predicted molar refractivity (Wildman–Crippen MR) is 92.8 cm³/mol. The first kappa shape index (κ1) is 18.7. The van der Waals surface area contributed by atoms with Gasteiger partial charge in [0.05, 0.1) is 11.1 Å². The van der Waals surface area contributed by atoms with Crippen LogP contribution in [0.2, 0.25) is 0 Å². The lowest BCUT2D eigenvalue weighted by molar-refractivity contribution is -0.358. The number of aromatic nitrogens is 1. The maximum Gasteiger partial charge on any atom is 0.450 e.